The molecule has 0 radical (unpaired) electrons. The Morgan fingerprint density at radius 2 is 1.65 bits per heavy atom. The normalized spacial score (nSPS) is 10.4. The van der Waals surface area contributed by atoms with Crippen molar-refractivity contribution in [3.63, 3.8) is 0 Å². The predicted octanol–water partition coefficient (Wildman–Crippen LogP) is 3.12. The number of nitrogens with zero attached hydrogens (tertiary/aromatic N) is 2. The third-order valence-electron chi connectivity index (χ3n) is 3.96. The third-order valence-corrected chi connectivity index (χ3v) is 3.96. The number of hydrogen-bond donors (Lipinski definition) is 2. The van der Waals surface area contributed by atoms with Crippen LogP contribution in [0.5, 0.6) is 23.0 Å². The molecule has 0 saturated carbocycles. The van der Waals surface area contributed by atoms with E-state index in [9.17, 15) is 5.11 Å². The minimum atomic E-state index is 0.0316. The molecule has 7 heteroatoms. The molecule has 134 valence electrons. The van der Waals surface area contributed by atoms with Gasteiger partial charge in [-0.05, 0) is 29.8 Å². The first-order valence-corrected chi connectivity index (χ1v) is 7.79. The van der Waals surface area contributed by atoms with Crippen molar-refractivity contribution < 1.29 is 19.3 Å². The van der Waals surface area contributed by atoms with Gasteiger partial charge >= 0.3 is 0 Å². The lowest BCUT2D eigenvalue weighted by atomic mass is 9.99. The summed E-state index contributed by atoms with van der Waals surface area (Å²) in [5, 5.41) is 10.4. The number of rotatable bonds is 5. The summed E-state index contributed by atoms with van der Waals surface area (Å²) in [6.45, 7) is 0. The number of ether oxygens (including phenoxy) is 3. The highest BCUT2D eigenvalue weighted by Gasteiger charge is 2.16. The van der Waals surface area contributed by atoms with E-state index >= 15 is 0 Å². The summed E-state index contributed by atoms with van der Waals surface area (Å²) in [4.78, 5) is 8.42. The molecule has 0 unspecified atom stereocenters. The number of nitrogens with two attached hydrogens (primary N) is 1. The number of aromatic nitrogens is 2. The number of benzene rings is 2. The van der Waals surface area contributed by atoms with Crippen LogP contribution in [0.15, 0.2) is 42.6 Å². The standard InChI is InChI=1S/C19H19N3O4/c1-24-12-5-6-13(15(23)9-12)18-14(10-21-19(20)22-18)11-4-7-16(25-2)17(8-11)26-3/h4-10,23H,1-3H3,(H2,20,21,22). The molecule has 0 spiro atoms. The van der Waals surface area contributed by atoms with E-state index in [4.69, 9.17) is 19.9 Å². The van der Waals surface area contributed by atoms with Crippen LogP contribution in [-0.2, 0) is 0 Å². The van der Waals surface area contributed by atoms with Crippen molar-refractivity contribution in [2.24, 2.45) is 0 Å². The number of phenols is 1. The minimum Gasteiger partial charge on any atom is -0.507 e. The Morgan fingerprint density at radius 3 is 2.31 bits per heavy atom. The Kier molecular flexibility index (Phi) is 4.79. The molecule has 1 aromatic heterocycles. The lowest BCUT2D eigenvalue weighted by molar-refractivity contribution is 0.355. The maximum Gasteiger partial charge on any atom is 0.220 e. The fourth-order valence-corrected chi connectivity index (χ4v) is 2.65. The summed E-state index contributed by atoms with van der Waals surface area (Å²) in [5.41, 5.74) is 8.29. The van der Waals surface area contributed by atoms with E-state index in [1.54, 1.807) is 38.6 Å². The van der Waals surface area contributed by atoms with E-state index < -0.39 is 0 Å². The van der Waals surface area contributed by atoms with E-state index in [0.717, 1.165) is 5.56 Å². The highest BCUT2D eigenvalue weighted by atomic mass is 16.5. The van der Waals surface area contributed by atoms with Gasteiger partial charge in [-0.1, -0.05) is 6.07 Å². The molecule has 3 N–H and O–H groups in total. The summed E-state index contributed by atoms with van der Waals surface area (Å²) in [6, 6.07) is 10.5. The fraction of sp³-hybridized carbons (Fsp3) is 0.158. The molecule has 2 aromatic carbocycles. The van der Waals surface area contributed by atoms with E-state index in [-0.39, 0.29) is 11.7 Å². The fourth-order valence-electron chi connectivity index (χ4n) is 2.65. The van der Waals surface area contributed by atoms with Crippen LogP contribution in [0.4, 0.5) is 5.95 Å². The van der Waals surface area contributed by atoms with Crippen molar-refractivity contribution in [1.82, 2.24) is 9.97 Å². The summed E-state index contributed by atoms with van der Waals surface area (Å²) in [5.74, 6) is 1.87. The van der Waals surface area contributed by atoms with E-state index in [1.165, 1.54) is 13.2 Å². The zero-order valence-corrected chi connectivity index (χ0v) is 14.7. The van der Waals surface area contributed by atoms with Gasteiger partial charge in [-0.15, -0.1) is 0 Å². The topological polar surface area (TPSA) is 99.7 Å². The van der Waals surface area contributed by atoms with Crippen LogP contribution < -0.4 is 19.9 Å². The molecule has 0 aliphatic carbocycles. The van der Waals surface area contributed by atoms with Crippen molar-refractivity contribution in [1.29, 1.82) is 0 Å². The smallest absolute Gasteiger partial charge is 0.220 e. The predicted molar refractivity (Wildman–Crippen MR) is 98.6 cm³/mol. The maximum absolute atomic E-state index is 10.4. The van der Waals surface area contributed by atoms with Gasteiger partial charge in [0.05, 0.1) is 27.0 Å². The summed E-state index contributed by atoms with van der Waals surface area (Å²) in [7, 11) is 4.67. The molecule has 0 atom stereocenters. The molecule has 26 heavy (non-hydrogen) atoms. The lowest BCUT2D eigenvalue weighted by Gasteiger charge is -2.14. The highest BCUT2D eigenvalue weighted by molar-refractivity contribution is 5.84. The monoisotopic (exact) mass is 353 g/mol. The van der Waals surface area contributed by atoms with Gasteiger partial charge in [-0.3, -0.25) is 0 Å². The molecule has 1 heterocycles. The number of anilines is 1. The van der Waals surface area contributed by atoms with Crippen molar-refractivity contribution in [3.05, 3.63) is 42.6 Å². The van der Waals surface area contributed by atoms with Crippen LogP contribution >= 0.6 is 0 Å². The molecule has 0 amide bonds. The van der Waals surface area contributed by atoms with Crippen LogP contribution in [0.3, 0.4) is 0 Å². The van der Waals surface area contributed by atoms with Gasteiger partial charge in [0.2, 0.25) is 5.95 Å². The van der Waals surface area contributed by atoms with Crippen molar-refractivity contribution in [2.75, 3.05) is 27.1 Å². The summed E-state index contributed by atoms with van der Waals surface area (Å²) < 4.78 is 15.8. The molecule has 0 fully saturated rings. The number of nitrogen functional groups attached to an aromatic ring is 1. The highest BCUT2D eigenvalue weighted by Crippen LogP contribution is 2.39. The number of methoxy groups -OCH3 is 3. The van der Waals surface area contributed by atoms with Crippen LogP contribution in [-0.4, -0.2) is 36.4 Å². The Morgan fingerprint density at radius 1 is 0.885 bits per heavy atom. The SMILES string of the molecule is COc1ccc(-c2nc(N)ncc2-c2ccc(OC)c(OC)c2)c(O)c1. The first kappa shape index (κ1) is 17.3. The van der Waals surface area contributed by atoms with Gasteiger partial charge in [0, 0.05) is 23.4 Å². The van der Waals surface area contributed by atoms with Crippen LogP contribution in [0.1, 0.15) is 0 Å². The van der Waals surface area contributed by atoms with Gasteiger partial charge in [-0.2, -0.15) is 0 Å². The lowest BCUT2D eigenvalue weighted by Crippen LogP contribution is -1.99. The average Bonchev–Trinajstić information content (AvgIpc) is 2.67. The van der Waals surface area contributed by atoms with E-state index in [2.05, 4.69) is 9.97 Å². The Hall–Kier alpha value is -3.48. The molecule has 0 aliphatic heterocycles. The molecule has 3 rings (SSSR count). The molecule has 7 nitrogen and oxygen atoms in total. The molecule has 0 aliphatic rings. The number of phenolic OH excluding ortho intramolecular Hbond substituents is 1. The Labute approximate surface area is 151 Å². The first-order chi connectivity index (χ1) is 12.6. The quantitative estimate of drug-likeness (QED) is 0.727. The Bertz CT molecular complexity index is 944. The summed E-state index contributed by atoms with van der Waals surface area (Å²) >= 11 is 0. The van der Waals surface area contributed by atoms with Crippen LogP contribution in [0.25, 0.3) is 22.4 Å². The van der Waals surface area contributed by atoms with E-state index in [0.29, 0.717) is 34.1 Å². The van der Waals surface area contributed by atoms with Gasteiger partial charge in [0.25, 0.3) is 0 Å². The van der Waals surface area contributed by atoms with Gasteiger partial charge in [0.1, 0.15) is 11.5 Å². The summed E-state index contributed by atoms with van der Waals surface area (Å²) in [6.07, 6.45) is 1.61. The molecular weight excluding hydrogens is 334 g/mol. The second-order valence-electron chi connectivity index (χ2n) is 5.44. The second kappa shape index (κ2) is 7.18. The zero-order valence-electron chi connectivity index (χ0n) is 14.7. The number of aromatic hydroxyl groups is 1. The molecule has 0 saturated heterocycles. The van der Waals surface area contributed by atoms with Crippen LogP contribution in [0.2, 0.25) is 0 Å². The maximum atomic E-state index is 10.4. The average molecular weight is 353 g/mol. The molecule has 3 aromatic rings. The zero-order chi connectivity index (χ0) is 18.7. The molecule has 0 bridgehead atoms. The largest absolute Gasteiger partial charge is 0.507 e. The van der Waals surface area contributed by atoms with E-state index in [1.807, 2.05) is 12.1 Å². The van der Waals surface area contributed by atoms with Gasteiger partial charge in [0.15, 0.2) is 11.5 Å². The van der Waals surface area contributed by atoms with Crippen LogP contribution in [0, 0.1) is 0 Å². The first-order valence-electron chi connectivity index (χ1n) is 7.79. The second-order valence-corrected chi connectivity index (χ2v) is 5.44. The minimum absolute atomic E-state index is 0.0316. The third kappa shape index (κ3) is 3.19. The van der Waals surface area contributed by atoms with Crippen molar-refractivity contribution >= 4 is 5.95 Å². The number of hydrogen-bond acceptors (Lipinski definition) is 7. The van der Waals surface area contributed by atoms with Gasteiger partial charge in [-0.25, -0.2) is 9.97 Å². The molecular formula is C19H19N3O4. The van der Waals surface area contributed by atoms with Crippen molar-refractivity contribution in [3.8, 4) is 45.4 Å². The van der Waals surface area contributed by atoms with Crippen molar-refractivity contribution in [2.45, 2.75) is 0 Å². The van der Waals surface area contributed by atoms with Gasteiger partial charge < -0.3 is 25.1 Å². The Balaban J connectivity index is 2.19.